The molecule has 3 nitrogen and oxygen atoms in total. The predicted octanol–water partition coefficient (Wildman–Crippen LogP) is 4.12. The summed E-state index contributed by atoms with van der Waals surface area (Å²) in [6.07, 6.45) is -2.97. The lowest BCUT2D eigenvalue weighted by Crippen LogP contribution is -2.07. The van der Waals surface area contributed by atoms with E-state index in [0.29, 0.717) is 10.9 Å². The highest BCUT2D eigenvalue weighted by Crippen LogP contribution is 2.38. The van der Waals surface area contributed by atoms with Gasteiger partial charge in [-0.05, 0) is 23.8 Å². The molecule has 0 spiro atoms. The van der Waals surface area contributed by atoms with Crippen LogP contribution in [0.3, 0.4) is 0 Å². The van der Waals surface area contributed by atoms with Crippen molar-refractivity contribution in [3.8, 4) is 17.2 Å². The van der Waals surface area contributed by atoms with Gasteiger partial charge in [-0.2, -0.15) is 23.5 Å². The van der Waals surface area contributed by atoms with Crippen molar-refractivity contribution in [3.63, 3.8) is 0 Å². The third-order valence-electron chi connectivity index (χ3n) is 3.22. The highest BCUT2D eigenvalue weighted by molar-refractivity contribution is 5.88. The number of aromatic amines is 1. The van der Waals surface area contributed by atoms with E-state index in [0.717, 1.165) is 6.07 Å². The maximum absolute atomic E-state index is 13.1. The van der Waals surface area contributed by atoms with Crippen LogP contribution in [0.2, 0.25) is 0 Å². The first-order chi connectivity index (χ1) is 10.0. The normalized spacial score (nSPS) is 11.5. The standard InChI is InChI=1S/C15H8F3N3/c16-15(17,18)13-4-2-1-3-11(13)12-5-10-8-20-21-14(10)6-9(12)7-19/h1-6,8H,(H,20,21). The smallest absolute Gasteiger partial charge is 0.278 e. The molecule has 0 bridgehead atoms. The van der Waals surface area contributed by atoms with Crippen LogP contribution in [0, 0.1) is 11.3 Å². The Labute approximate surface area is 117 Å². The quantitative estimate of drug-likeness (QED) is 0.732. The fourth-order valence-electron chi connectivity index (χ4n) is 2.27. The molecule has 0 aliphatic heterocycles. The zero-order valence-electron chi connectivity index (χ0n) is 10.6. The van der Waals surface area contributed by atoms with Crippen LogP contribution in [-0.4, -0.2) is 10.2 Å². The van der Waals surface area contributed by atoms with E-state index < -0.39 is 11.7 Å². The number of nitrogens with zero attached hydrogens (tertiary/aromatic N) is 2. The van der Waals surface area contributed by atoms with Crippen LogP contribution in [0.4, 0.5) is 13.2 Å². The molecular weight excluding hydrogens is 279 g/mol. The highest BCUT2D eigenvalue weighted by atomic mass is 19.4. The number of benzene rings is 2. The minimum Gasteiger partial charge on any atom is -0.278 e. The number of nitrogens with one attached hydrogen (secondary N) is 1. The lowest BCUT2D eigenvalue weighted by Gasteiger charge is -2.13. The molecule has 2 aromatic carbocycles. The summed E-state index contributed by atoms with van der Waals surface area (Å²) in [6.45, 7) is 0. The molecule has 0 saturated carbocycles. The molecule has 0 amide bonds. The maximum atomic E-state index is 13.1. The van der Waals surface area contributed by atoms with E-state index in [2.05, 4.69) is 10.2 Å². The lowest BCUT2D eigenvalue weighted by molar-refractivity contribution is -0.137. The SMILES string of the molecule is N#Cc1cc2[nH]ncc2cc1-c1ccccc1C(F)(F)F. The Morgan fingerprint density at radius 2 is 1.86 bits per heavy atom. The Bertz CT molecular complexity index is 856. The van der Waals surface area contributed by atoms with Gasteiger partial charge in [0.1, 0.15) is 0 Å². The van der Waals surface area contributed by atoms with Crippen molar-refractivity contribution in [3.05, 3.63) is 53.7 Å². The van der Waals surface area contributed by atoms with Crippen LogP contribution < -0.4 is 0 Å². The van der Waals surface area contributed by atoms with Gasteiger partial charge in [0.05, 0.1) is 28.9 Å². The third-order valence-corrected chi connectivity index (χ3v) is 3.22. The number of halogens is 3. The van der Waals surface area contributed by atoms with Crippen LogP contribution in [0.15, 0.2) is 42.6 Å². The van der Waals surface area contributed by atoms with E-state index in [1.165, 1.54) is 30.5 Å². The zero-order chi connectivity index (χ0) is 15.0. The summed E-state index contributed by atoms with van der Waals surface area (Å²) >= 11 is 0. The number of fused-ring (bicyclic) bond motifs is 1. The van der Waals surface area contributed by atoms with E-state index in [-0.39, 0.29) is 16.7 Å². The molecule has 104 valence electrons. The molecular formula is C15H8F3N3. The molecule has 1 aromatic heterocycles. The van der Waals surface area contributed by atoms with Gasteiger partial charge in [0.2, 0.25) is 0 Å². The van der Waals surface area contributed by atoms with Gasteiger partial charge in [-0.3, -0.25) is 5.10 Å². The van der Waals surface area contributed by atoms with Gasteiger partial charge in [-0.1, -0.05) is 18.2 Å². The monoisotopic (exact) mass is 287 g/mol. The van der Waals surface area contributed by atoms with Crippen molar-refractivity contribution in [2.45, 2.75) is 6.18 Å². The van der Waals surface area contributed by atoms with Crippen molar-refractivity contribution in [1.29, 1.82) is 5.26 Å². The summed E-state index contributed by atoms with van der Waals surface area (Å²) in [5.74, 6) is 0. The van der Waals surface area contributed by atoms with E-state index in [1.807, 2.05) is 6.07 Å². The topological polar surface area (TPSA) is 52.5 Å². The van der Waals surface area contributed by atoms with Crippen molar-refractivity contribution >= 4 is 10.9 Å². The molecule has 0 atom stereocenters. The summed E-state index contributed by atoms with van der Waals surface area (Å²) in [6, 6.07) is 10.2. The first-order valence-corrected chi connectivity index (χ1v) is 6.04. The largest absolute Gasteiger partial charge is 0.417 e. The Hall–Kier alpha value is -2.81. The fraction of sp³-hybridized carbons (Fsp3) is 0.0667. The number of nitriles is 1. The second-order valence-electron chi connectivity index (χ2n) is 4.51. The van der Waals surface area contributed by atoms with Crippen molar-refractivity contribution in [1.82, 2.24) is 10.2 Å². The van der Waals surface area contributed by atoms with Crippen LogP contribution in [0.1, 0.15) is 11.1 Å². The number of rotatable bonds is 1. The van der Waals surface area contributed by atoms with E-state index in [1.54, 1.807) is 6.07 Å². The predicted molar refractivity (Wildman–Crippen MR) is 71.2 cm³/mol. The van der Waals surface area contributed by atoms with E-state index >= 15 is 0 Å². The molecule has 1 heterocycles. The van der Waals surface area contributed by atoms with Crippen molar-refractivity contribution in [2.75, 3.05) is 0 Å². The van der Waals surface area contributed by atoms with Gasteiger partial charge in [-0.15, -0.1) is 0 Å². The molecule has 3 aromatic rings. The van der Waals surface area contributed by atoms with Crippen LogP contribution in [0.25, 0.3) is 22.0 Å². The Morgan fingerprint density at radius 1 is 1.10 bits per heavy atom. The number of H-pyrrole nitrogens is 1. The number of hydrogen-bond donors (Lipinski definition) is 1. The molecule has 0 saturated heterocycles. The van der Waals surface area contributed by atoms with Crippen LogP contribution in [0.5, 0.6) is 0 Å². The second-order valence-corrected chi connectivity index (χ2v) is 4.51. The summed E-state index contributed by atoms with van der Waals surface area (Å²) < 4.78 is 39.4. The first kappa shape index (κ1) is 13.2. The number of hydrogen-bond acceptors (Lipinski definition) is 2. The molecule has 21 heavy (non-hydrogen) atoms. The molecule has 0 unspecified atom stereocenters. The minimum absolute atomic E-state index is 0.00958. The molecule has 0 radical (unpaired) electrons. The lowest BCUT2D eigenvalue weighted by atomic mass is 9.94. The van der Waals surface area contributed by atoms with Crippen molar-refractivity contribution < 1.29 is 13.2 Å². The van der Waals surface area contributed by atoms with Crippen LogP contribution in [-0.2, 0) is 6.18 Å². The zero-order valence-corrected chi connectivity index (χ0v) is 10.6. The van der Waals surface area contributed by atoms with Gasteiger partial charge in [-0.25, -0.2) is 0 Å². The minimum atomic E-state index is -4.48. The molecule has 0 fully saturated rings. The van der Waals surface area contributed by atoms with Gasteiger partial charge in [0, 0.05) is 10.9 Å². The highest BCUT2D eigenvalue weighted by Gasteiger charge is 2.33. The molecule has 1 N–H and O–H groups in total. The Balaban J connectivity index is 2.33. The van der Waals surface area contributed by atoms with Gasteiger partial charge in [0.15, 0.2) is 0 Å². The third kappa shape index (κ3) is 2.23. The molecule has 0 aliphatic rings. The summed E-state index contributed by atoms with van der Waals surface area (Å²) in [5.41, 5.74) is 0.261. The average molecular weight is 287 g/mol. The average Bonchev–Trinajstić information content (AvgIpc) is 2.92. The molecule has 0 aliphatic carbocycles. The van der Waals surface area contributed by atoms with Gasteiger partial charge >= 0.3 is 6.18 Å². The summed E-state index contributed by atoms with van der Waals surface area (Å²) in [7, 11) is 0. The summed E-state index contributed by atoms with van der Waals surface area (Å²) in [4.78, 5) is 0. The number of aromatic nitrogens is 2. The van der Waals surface area contributed by atoms with Crippen LogP contribution >= 0.6 is 0 Å². The maximum Gasteiger partial charge on any atom is 0.417 e. The Morgan fingerprint density at radius 3 is 2.57 bits per heavy atom. The molecule has 6 heteroatoms. The summed E-state index contributed by atoms with van der Waals surface area (Å²) in [5, 5.41) is 16.4. The van der Waals surface area contributed by atoms with E-state index in [9.17, 15) is 18.4 Å². The first-order valence-electron chi connectivity index (χ1n) is 6.04. The van der Waals surface area contributed by atoms with E-state index in [4.69, 9.17) is 0 Å². The van der Waals surface area contributed by atoms with Gasteiger partial charge < -0.3 is 0 Å². The fourth-order valence-corrected chi connectivity index (χ4v) is 2.27. The number of alkyl halides is 3. The van der Waals surface area contributed by atoms with Gasteiger partial charge in [0.25, 0.3) is 0 Å². The molecule has 3 rings (SSSR count). The second kappa shape index (κ2) is 4.63. The van der Waals surface area contributed by atoms with Crippen molar-refractivity contribution in [2.24, 2.45) is 0 Å². The Kier molecular flexibility index (Phi) is 2.91.